The molecule has 0 aliphatic rings. The van der Waals surface area contributed by atoms with E-state index < -0.39 is 10.0 Å². The van der Waals surface area contributed by atoms with E-state index in [9.17, 15) is 13.2 Å². The Balaban J connectivity index is 1.75. The Bertz CT molecular complexity index is 1150. The van der Waals surface area contributed by atoms with Gasteiger partial charge in [0.2, 0.25) is 15.9 Å². The van der Waals surface area contributed by atoms with Gasteiger partial charge in [0.15, 0.2) is 0 Å². The fraction of sp³-hybridized carbons (Fsp3) is 0.269. The highest BCUT2D eigenvalue weighted by Gasteiger charge is 2.27. The molecule has 0 bridgehead atoms. The largest absolute Gasteiger partial charge is 0.497 e. The van der Waals surface area contributed by atoms with Crippen LogP contribution in [0.3, 0.4) is 0 Å². The van der Waals surface area contributed by atoms with Gasteiger partial charge < -0.3 is 10.1 Å². The molecule has 33 heavy (non-hydrogen) atoms. The molecule has 3 rings (SSSR count). The van der Waals surface area contributed by atoms with Crippen molar-refractivity contribution in [2.45, 2.75) is 31.2 Å². The van der Waals surface area contributed by atoms with Gasteiger partial charge in [0, 0.05) is 6.54 Å². The summed E-state index contributed by atoms with van der Waals surface area (Å²) in [7, 11) is -2.24. The van der Waals surface area contributed by atoms with Crippen LogP contribution in [0.1, 0.15) is 29.7 Å². The molecule has 0 heterocycles. The zero-order valence-electron chi connectivity index (χ0n) is 19.2. The number of nitrogens with one attached hydrogen (secondary N) is 1. The number of hydrogen-bond acceptors (Lipinski definition) is 4. The summed E-state index contributed by atoms with van der Waals surface area (Å²) >= 11 is 0. The summed E-state index contributed by atoms with van der Waals surface area (Å²) in [5, 5.41) is 2.91. The third-order valence-corrected chi connectivity index (χ3v) is 7.32. The third-order valence-electron chi connectivity index (χ3n) is 5.46. The smallest absolute Gasteiger partial charge is 0.243 e. The number of rotatable bonds is 10. The number of ether oxygens (including phenoxy) is 1. The van der Waals surface area contributed by atoms with E-state index in [0.29, 0.717) is 6.42 Å². The lowest BCUT2D eigenvalue weighted by atomic mass is 10.1. The summed E-state index contributed by atoms with van der Waals surface area (Å²) in [5.74, 6) is 0.371. The first-order valence-electron chi connectivity index (χ1n) is 10.8. The third kappa shape index (κ3) is 6.66. The number of nitrogens with zero attached hydrogens (tertiary/aromatic N) is 1. The highest BCUT2D eigenvalue weighted by atomic mass is 32.2. The van der Waals surface area contributed by atoms with Gasteiger partial charge in [0.05, 0.1) is 24.6 Å². The fourth-order valence-corrected chi connectivity index (χ4v) is 4.86. The number of benzene rings is 3. The Labute approximate surface area is 196 Å². The van der Waals surface area contributed by atoms with E-state index >= 15 is 0 Å². The van der Waals surface area contributed by atoms with Crippen molar-refractivity contribution < 1.29 is 17.9 Å². The van der Waals surface area contributed by atoms with Crippen LogP contribution in [0.4, 0.5) is 0 Å². The van der Waals surface area contributed by atoms with Crippen molar-refractivity contribution in [2.24, 2.45) is 0 Å². The van der Waals surface area contributed by atoms with Gasteiger partial charge in [-0.1, -0.05) is 60.2 Å². The highest BCUT2D eigenvalue weighted by molar-refractivity contribution is 7.89. The van der Waals surface area contributed by atoms with Crippen molar-refractivity contribution in [3.8, 4) is 5.75 Å². The lowest BCUT2D eigenvalue weighted by molar-refractivity contribution is -0.121. The van der Waals surface area contributed by atoms with Crippen molar-refractivity contribution >= 4 is 15.9 Å². The molecular weight excluding hydrogens is 436 g/mol. The van der Waals surface area contributed by atoms with Crippen molar-refractivity contribution in [1.29, 1.82) is 0 Å². The van der Waals surface area contributed by atoms with Gasteiger partial charge in [-0.3, -0.25) is 4.79 Å². The van der Waals surface area contributed by atoms with Gasteiger partial charge in [0.25, 0.3) is 0 Å². The molecule has 174 valence electrons. The zero-order chi connectivity index (χ0) is 23.8. The van der Waals surface area contributed by atoms with Crippen LogP contribution in [0.15, 0.2) is 83.8 Å². The van der Waals surface area contributed by atoms with Gasteiger partial charge in [-0.2, -0.15) is 4.31 Å². The van der Waals surface area contributed by atoms with E-state index in [-0.39, 0.29) is 29.9 Å². The molecule has 1 atom stereocenters. The van der Waals surface area contributed by atoms with Crippen molar-refractivity contribution in [3.05, 3.63) is 95.6 Å². The van der Waals surface area contributed by atoms with Crippen LogP contribution in [0.25, 0.3) is 0 Å². The lowest BCUT2D eigenvalue weighted by Crippen LogP contribution is -2.42. The normalized spacial score (nSPS) is 12.4. The van der Waals surface area contributed by atoms with Gasteiger partial charge in [0.1, 0.15) is 5.75 Å². The van der Waals surface area contributed by atoms with Crippen LogP contribution in [0.5, 0.6) is 5.75 Å². The predicted octanol–water partition coefficient (Wildman–Crippen LogP) is 4.11. The van der Waals surface area contributed by atoms with Gasteiger partial charge in [-0.25, -0.2) is 8.42 Å². The summed E-state index contributed by atoms with van der Waals surface area (Å²) in [5.41, 5.74) is 2.88. The van der Waals surface area contributed by atoms with Crippen LogP contribution >= 0.6 is 0 Å². The molecule has 6 nitrogen and oxygen atoms in total. The van der Waals surface area contributed by atoms with Crippen LogP contribution in [-0.2, 0) is 21.2 Å². The van der Waals surface area contributed by atoms with E-state index in [4.69, 9.17) is 4.74 Å². The van der Waals surface area contributed by atoms with Gasteiger partial charge in [-0.05, 0) is 55.7 Å². The van der Waals surface area contributed by atoms with E-state index in [1.807, 2.05) is 68.4 Å². The lowest BCUT2D eigenvalue weighted by Gasteiger charge is -2.23. The summed E-state index contributed by atoms with van der Waals surface area (Å²) in [6, 6.07) is 23.4. The van der Waals surface area contributed by atoms with Crippen LogP contribution in [-0.4, -0.2) is 38.8 Å². The molecule has 0 aromatic heterocycles. The van der Waals surface area contributed by atoms with E-state index in [0.717, 1.165) is 22.4 Å². The second-order valence-corrected chi connectivity index (χ2v) is 9.89. The average molecular weight is 467 g/mol. The maximum absolute atomic E-state index is 13.4. The van der Waals surface area contributed by atoms with Crippen LogP contribution < -0.4 is 10.1 Å². The summed E-state index contributed by atoms with van der Waals surface area (Å²) in [4.78, 5) is 13.0. The number of carbonyl (C=O) groups excluding carboxylic acids is 1. The molecule has 0 aliphatic heterocycles. The van der Waals surface area contributed by atoms with E-state index in [1.165, 1.54) is 4.31 Å². The molecule has 3 aromatic carbocycles. The number of hydrogen-bond donors (Lipinski definition) is 1. The maximum Gasteiger partial charge on any atom is 0.243 e. The van der Waals surface area contributed by atoms with Crippen LogP contribution in [0.2, 0.25) is 0 Å². The first-order chi connectivity index (χ1) is 15.8. The van der Waals surface area contributed by atoms with Crippen molar-refractivity contribution in [3.63, 3.8) is 0 Å². The Hall–Kier alpha value is -3.16. The minimum Gasteiger partial charge on any atom is -0.497 e. The summed E-state index contributed by atoms with van der Waals surface area (Å²) < 4.78 is 33.1. The van der Waals surface area contributed by atoms with E-state index in [2.05, 4.69) is 5.32 Å². The molecule has 0 saturated heterocycles. The number of sulfonamides is 1. The maximum atomic E-state index is 13.4. The highest BCUT2D eigenvalue weighted by Crippen LogP contribution is 2.19. The number of amides is 1. The minimum atomic E-state index is -3.84. The number of aryl methyl sites for hydroxylation is 1. The SMILES string of the molecule is COc1ccc([C@@H](C)NC(=O)CN(CCc2ccccc2)S(=O)(=O)c2ccc(C)cc2)cc1. The second kappa shape index (κ2) is 11.1. The standard InChI is InChI=1S/C26H30N2O4S/c1-20-9-15-25(16-10-20)33(30,31)28(18-17-22-7-5-4-6-8-22)19-26(29)27-21(2)23-11-13-24(32-3)14-12-23/h4-16,21H,17-19H2,1-3H3,(H,27,29)/t21-/m1/s1. The molecular formula is C26H30N2O4S. The average Bonchev–Trinajstić information content (AvgIpc) is 2.82. The van der Waals surface area contributed by atoms with Crippen molar-refractivity contribution in [2.75, 3.05) is 20.2 Å². The first-order valence-corrected chi connectivity index (χ1v) is 12.3. The molecule has 1 N–H and O–H groups in total. The fourth-order valence-electron chi connectivity index (χ4n) is 3.47. The Morgan fingerprint density at radius 3 is 2.21 bits per heavy atom. The molecule has 0 radical (unpaired) electrons. The number of methoxy groups -OCH3 is 1. The molecule has 0 aliphatic carbocycles. The topological polar surface area (TPSA) is 75.7 Å². The quantitative estimate of drug-likeness (QED) is 0.488. The predicted molar refractivity (Wildman–Crippen MR) is 130 cm³/mol. The van der Waals surface area contributed by atoms with Crippen molar-refractivity contribution in [1.82, 2.24) is 9.62 Å². The number of carbonyl (C=O) groups is 1. The summed E-state index contributed by atoms with van der Waals surface area (Å²) in [6.45, 7) is 3.70. The zero-order valence-corrected chi connectivity index (χ0v) is 20.0. The molecule has 7 heteroatoms. The Morgan fingerprint density at radius 2 is 1.61 bits per heavy atom. The molecule has 0 unspecified atom stereocenters. The van der Waals surface area contributed by atoms with E-state index in [1.54, 1.807) is 31.4 Å². The van der Waals surface area contributed by atoms with Crippen LogP contribution in [0, 0.1) is 6.92 Å². The second-order valence-electron chi connectivity index (χ2n) is 7.95. The Kier molecular flexibility index (Phi) is 8.25. The summed E-state index contributed by atoms with van der Waals surface area (Å²) in [6.07, 6.45) is 0.507. The monoisotopic (exact) mass is 466 g/mol. The minimum absolute atomic E-state index is 0.178. The van der Waals surface area contributed by atoms with Gasteiger partial charge in [-0.15, -0.1) is 0 Å². The Morgan fingerprint density at radius 1 is 0.970 bits per heavy atom. The first kappa shape index (κ1) is 24.5. The molecule has 1 amide bonds. The molecule has 0 fully saturated rings. The molecule has 3 aromatic rings. The molecule has 0 spiro atoms. The van der Waals surface area contributed by atoms with Gasteiger partial charge >= 0.3 is 0 Å². The molecule has 0 saturated carbocycles.